The summed E-state index contributed by atoms with van der Waals surface area (Å²) in [7, 11) is 0. The minimum Gasteiger partial charge on any atom is -0.383 e. The monoisotopic (exact) mass is 291 g/mol. The molecule has 0 atom stereocenters. The Morgan fingerprint density at radius 2 is 2.15 bits per heavy atom. The highest BCUT2D eigenvalue weighted by Crippen LogP contribution is 2.11. The highest BCUT2D eigenvalue weighted by molar-refractivity contribution is 6.30. The molecule has 0 amide bonds. The highest BCUT2D eigenvalue weighted by Gasteiger charge is 2.02. The van der Waals surface area contributed by atoms with Gasteiger partial charge in [0, 0.05) is 17.6 Å². The van der Waals surface area contributed by atoms with Gasteiger partial charge in [-0.25, -0.2) is 4.68 Å². The molecule has 0 saturated heterocycles. The molecule has 0 unspecified atom stereocenters. The lowest BCUT2D eigenvalue weighted by molar-refractivity contribution is 0.637. The first-order valence-corrected chi connectivity index (χ1v) is 6.98. The van der Waals surface area contributed by atoms with Gasteiger partial charge < -0.3 is 5.32 Å². The summed E-state index contributed by atoms with van der Waals surface area (Å²) >= 11 is 5.93. The first-order chi connectivity index (χ1) is 9.54. The van der Waals surface area contributed by atoms with Crippen LogP contribution in [0.15, 0.2) is 41.3 Å². The number of aromatic nitrogens is 2. The molecule has 0 aliphatic carbocycles. The number of nitrogens with zero attached hydrogens (tertiary/aromatic N) is 2. The van der Waals surface area contributed by atoms with Gasteiger partial charge >= 0.3 is 0 Å². The van der Waals surface area contributed by atoms with Crippen LogP contribution >= 0.6 is 11.6 Å². The van der Waals surface area contributed by atoms with E-state index in [4.69, 9.17) is 11.6 Å². The molecule has 20 heavy (non-hydrogen) atoms. The van der Waals surface area contributed by atoms with Gasteiger partial charge in [-0.1, -0.05) is 37.6 Å². The van der Waals surface area contributed by atoms with Crippen molar-refractivity contribution in [1.82, 2.24) is 9.78 Å². The van der Waals surface area contributed by atoms with Gasteiger partial charge in [-0.15, -0.1) is 0 Å². The van der Waals surface area contributed by atoms with E-state index in [1.807, 2.05) is 18.2 Å². The maximum Gasteiger partial charge on any atom is 0.269 e. The van der Waals surface area contributed by atoms with Gasteiger partial charge in [0.25, 0.3) is 5.56 Å². The molecule has 4 nitrogen and oxygen atoms in total. The normalized spacial score (nSPS) is 10.8. The average molecular weight is 292 g/mol. The summed E-state index contributed by atoms with van der Waals surface area (Å²) in [5.41, 5.74) is 1.58. The number of halogens is 1. The van der Waals surface area contributed by atoms with Gasteiger partial charge in [0.15, 0.2) is 0 Å². The van der Waals surface area contributed by atoms with Crippen LogP contribution in [0.2, 0.25) is 5.02 Å². The Balaban J connectivity index is 2.12. The van der Waals surface area contributed by atoms with E-state index in [0.717, 1.165) is 17.8 Å². The lowest BCUT2D eigenvalue weighted by Crippen LogP contribution is -2.23. The summed E-state index contributed by atoms with van der Waals surface area (Å²) < 4.78 is 1.42. The average Bonchev–Trinajstić information content (AvgIpc) is 2.39. The highest BCUT2D eigenvalue weighted by atomic mass is 35.5. The van der Waals surface area contributed by atoms with Crippen molar-refractivity contribution in [3.63, 3.8) is 0 Å². The van der Waals surface area contributed by atoms with Crippen LogP contribution < -0.4 is 10.9 Å². The van der Waals surface area contributed by atoms with E-state index in [0.29, 0.717) is 17.5 Å². The molecule has 0 radical (unpaired) electrons. The molecule has 2 aromatic rings. The molecule has 1 aromatic heterocycles. The minimum atomic E-state index is -0.126. The fourth-order valence-corrected chi connectivity index (χ4v) is 1.99. The molecule has 0 saturated carbocycles. The van der Waals surface area contributed by atoms with E-state index in [1.165, 1.54) is 4.68 Å². The van der Waals surface area contributed by atoms with Crippen molar-refractivity contribution in [3.8, 4) is 0 Å². The first-order valence-electron chi connectivity index (χ1n) is 6.60. The summed E-state index contributed by atoms with van der Waals surface area (Å²) in [6.07, 6.45) is 1.67. The van der Waals surface area contributed by atoms with Gasteiger partial charge in [-0.05, 0) is 23.6 Å². The Morgan fingerprint density at radius 3 is 2.80 bits per heavy atom. The number of hydrogen-bond donors (Lipinski definition) is 1. The quantitative estimate of drug-likeness (QED) is 0.921. The van der Waals surface area contributed by atoms with Crippen LogP contribution in [0.25, 0.3) is 0 Å². The molecule has 0 spiro atoms. The number of rotatable bonds is 5. The molecule has 0 fully saturated rings. The first kappa shape index (κ1) is 14.6. The van der Waals surface area contributed by atoms with Crippen LogP contribution in [0.1, 0.15) is 19.4 Å². The molecule has 0 bridgehead atoms. The molecular formula is C15H18ClN3O. The largest absolute Gasteiger partial charge is 0.383 e. The van der Waals surface area contributed by atoms with Crippen LogP contribution in [-0.2, 0) is 6.54 Å². The molecule has 5 heteroatoms. The van der Waals surface area contributed by atoms with Crippen LogP contribution in [-0.4, -0.2) is 16.3 Å². The number of anilines is 1. The molecule has 1 heterocycles. The standard InChI is InChI=1S/C15H18ClN3O/c1-11(2)8-17-14-7-15(20)19(18-9-14)10-12-4-3-5-13(16)6-12/h3-7,9,11,17H,8,10H2,1-2H3. The number of hydrogen-bond acceptors (Lipinski definition) is 3. The molecule has 1 N–H and O–H groups in total. The third kappa shape index (κ3) is 4.10. The summed E-state index contributed by atoms with van der Waals surface area (Å²) in [6.45, 7) is 5.46. The predicted molar refractivity (Wildman–Crippen MR) is 82.4 cm³/mol. The van der Waals surface area contributed by atoms with E-state index >= 15 is 0 Å². The lowest BCUT2D eigenvalue weighted by atomic mass is 10.2. The van der Waals surface area contributed by atoms with Crippen molar-refractivity contribution in [2.75, 3.05) is 11.9 Å². The SMILES string of the molecule is CC(C)CNc1cnn(Cc2cccc(Cl)c2)c(=O)c1. The summed E-state index contributed by atoms with van der Waals surface area (Å²) in [6, 6.07) is 8.99. The third-order valence-corrected chi connectivity index (χ3v) is 3.04. The minimum absolute atomic E-state index is 0.126. The van der Waals surface area contributed by atoms with Gasteiger partial charge in [0.05, 0.1) is 18.4 Å². The lowest BCUT2D eigenvalue weighted by Gasteiger charge is -2.10. The van der Waals surface area contributed by atoms with E-state index in [9.17, 15) is 4.79 Å². The topological polar surface area (TPSA) is 46.9 Å². The molecular weight excluding hydrogens is 274 g/mol. The van der Waals surface area contributed by atoms with Crippen LogP contribution in [0, 0.1) is 5.92 Å². The maximum absolute atomic E-state index is 12.0. The number of nitrogens with one attached hydrogen (secondary N) is 1. The zero-order valence-corrected chi connectivity index (χ0v) is 12.4. The second kappa shape index (κ2) is 6.57. The van der Waals surface area contributed by atoms with Gasteiger partial charge in [0.2, 0.25) is 0 Å². The third-order valence-electron chi connectivity index (χ3n) is 2.81. The van der Waals surface area contributed by atoms with E-state index in [1.54, 1.807) is 18.3 Å². The second-order valence-electron chi connectivity index (χ2n) is 5.14. The summed E-state index contributed by atoms with van der Waals surface area (Å²) in [4.78, 5) is 12.0. The van der Waals surface area contributed by atoms with Crippen molar-refractivity contribution in [2.45, 2.75) is 20.4 Å². The smallest absolute Gasteiger partial charge is 0.269 e. The Morgan fingerprint density at radius 1 is 1.35 bits per heavy atom. The Hall–Kier alpha value is -1.81. The number of benzene rings is 1. The van der Waals surface area contributed by atoms with Crippen LogP contribution in [0.5, 0.6) is 0 Å². The van der Waals surface area contributed by atoms with Gasteiger partial charge in [-0.2, -0.15) is 5.10 Å². The van der Waals surface area contributed by atoms with Crippen molar-refractivity contribution >= 4 is 17.3 Å². The van der Waals surface area contributed by atoms with Crippen molar-refractivity contribution in [3.05, 3.63) is 57.5 Å². The van der Waals surface area contributed by atoms with Gasteiger partial charge in [-0.3, -0.25) is 4.79 Å². The Labute approximate surface area is 123 Å². The fraction of sp³-hybridized carbons (Fsp3) is 0.333. The molecule has 2 rings (SSSR count). The molecule has 0 aliphatic heterocycles. The zero-order valence-electron chi connectivity index (χ0n) is 11.6. The Bertz CT molecular complexity index is 637. The molecule has 0 aliphatic rings. The van der Waals surface area contributed by atoms with Crippen molar-refractivity contribution in [1.29, 1.82) is 0 Å². The summed E-state index contributed by atoms with van der Waals surface area (Å²) in [5, 5.41) is 8.03. The van der Waals surface area contributed by atoms with Gasteiger partial charge in [0.1, 0.15) is 0 Å². The Kier molecular flexibility index (Phi) is 4.79. The van der Waals surface area contributed by atoms with Crippen molar-refractivity contribution < 1.29 is 0 Å². The van der Waals surface area contributed by atoms with Crippen LogP contribution in [0.4, 0.5) is 5.69 Å². The van der Waals surface area contributed by atoms with Crippen molar-refractivity contribution in [2.24, 2.45) is 5.92 Å². The zero-order chi connectivity index (χ0) is 14.5. The van der Waals surface area contributed by atoms with Crippen LogP contribution in [0.3, 0.4) is 0 Å². The fourth-order valence-electron chi connectivity index (χ4n) is 1.78. The van der Waals surface area contributed by atoms with E-state index < -0.39 is 0 Å². The maximum atomic E-state index is 12.0. The predicted octanol–water partition coefficient (Wildman–Crippen LogP) is 3.01. The molecule has 106 valence electrons. The van der Waals surface area contributed by atoms with E-state index in [-0.39, 0.29) is 5.56 Å². The van der Waals surface area contributed by atoms with E-state index in [2.05, 4.69) is 24.3 Å². The molecule has 1 aromatic carbocycles. The second-order valence-corrected chi connectivity index (χ2v) is 5.58. The summed E-state index contributed by atoms with van der Waals surface area (Å²) in [5.74, 6) is 0.517.